The molecule has 0 saturated heterocycles. The molecule has 0 aliphatic carbocycles. The van der Waals surface area contributed by atoms with Crippen molar-refractivity contribution in [3.05, 3.63) is 35.7 Å². The Balaban J connectivity index is 2.09. The molecular weight excluding hydrogens is 286 g/mol. The molecule has 23 heavy (non-hydrogen) atoms. The third-order valence-electron chi connectivity index (χ3n) is 3.79. The molecule has 2 N–H and O–H groups in total. The van der Waals surface area contributed by atoms with E-state index in [-0.39, 0.29) is 0 Å². The molecule has 2 rings (SSSR count). The van der Waals surface area contributed by atoms with Crippen LogP contribution in [0.2, 0.25) is 0 Å². The smallest absolute Gasteiger partial charge is 0.232 e. The van der Waals surface area contributed by atoms with Crippen LogP contribution in [0.25, 0.3) is 0 Å². The Morgan fingerprint density at radius 3 is 2.30 bits per heavy atom. The summed E-state index contributed by atoms with van der Waals surface area (Å²) in [4.78, 5) is 13.3. The van der Waals surface area contributed by atoms with Crippen molar-refractivity contribution >= 4 is 17.6 Å². The van der Waals surface area contributed by atoms with Crippen molar-refractivity contribution < 1.29 is 0 Å². The van der Waals surface area contributed by atoms with E-state index >= 15 is 0 Å². The summed E-state index contributed by atoms with van der Waals surface area (Å²) >= 11 is 0. The van der Waals surface area contributed by atoms with Crippen LogP contribution in [-0.4, -0.2) is 21.0 Å². The highest BCUT2D eigenvalue weighted by Crippen LogP contribution is 2.16. The normalized spacial score (nSPS) is 12.0. The Hall–Kier alpha value is -2.17. The van der Waals surface area contributed by atoms with Crippen molar-refractivity contribution in [2.75, 3.05) is 10.6 Å². The third-order valence-corrected chi connectivity index (χ3v) is 3.79. The Labute approximate surface area is 139 Å². The monoisotopic (exact) mass is 313 g/mol. The summed E-state index contributed by atoms with van der Waals surface area (Å²) in [5, 5.41) is 6.68. The predicted octanol–water partition coefficient (Wildman–Crippen LogP) is 4.61. The third kappa shape index (κ3) is 5.51. The van der Waals surface area contributed by atoms with Crippen LogP contribution in [0.4, 0.5) is 17.6 Å². The van der Waals surface area contributed by atoms with Gasteiger partial charge in [-0.05, 0) is 38.8 Å². The van der Waals surface area contributed by atoms with Gasteiger partial charge in [0.2, 0.25) is 11.9 Å². The lowest BCUT2D eigenvalue weighted by atomic mass is 10.1. The number of hydrogen-bond donors (Lipinski definition) is 2. The van der Waals surface area contributed by atoms with Crippen molar-refractivity contribution in [1.29, 1.82) is 0 Å². The molecule has 0 aliphatic heterocycles. The van der Waals surface area contributed by atoms with Gasteiger partial charge in [-0.25, -0.2) is 0 Å². The van der Waals surface area contributed by atoms with Gasteiger partial charge in [0.25, 0.3) is 0 Å². The van der Waals surface area contributed by atoms with Crippen LogP contribution < -0.4 is 10.6 Å². The quantitative estimate of drug-likeness (QED) is 0.745. The summed E-state index contributed by atoms with van der Waals surface area (Å²) in [6, 6.07) is 8.58. The Morgan fingerprint density at radius 1 is 0.957 bits per heavy atom. The molecule has 1 heterocycles. The van der Waals surface area contributed by atoms with Crippen molar-refractivity contribution in [2.45, 2.75) is 59.4 Å². The topological polar surface area (TPSA) is 62.7 Å². The Bertz CT molecular complexity index is 609. The minimum atomic E-state index is 0.406. The molecule has 5 heteroatoms. The summed E-state index contributed by atoms with van der Waals surface area (Å²) in [6.07, 6.45) is 4.61. The second-order valence-corrected chi connectivity index (χ2v) is 5.91. The summed E-state index contributed by atoms with van der Waals surface area (Å²) in [5.74, 6) is 1.94. The van der Waals surface area contributed by atoms with E-state index < -0.39 is 0 Å². The molecule has 0 bridgehead atoms. The Kier molecular flexibility index (Phi) is 6.32. The van der Waals surface area contributed by atoms with E-state index in [1.54, 1.807) is 0 Å². The van der Waals surface area contributed by atoms with E-state index in [1.165, 1.54) is 18.4 Å². The molecule has 1 aromatic carbocycles. The van der Waals surface area contributed by atoms with Gasteiger partial charge in [-0.1, -0.05) is 44.4 Å². The number of aromatic nitrogens is 3. The fraction of sp³-hybridized carbons (Fsp3) is 0.500. The molecule has 0 radical (unpaired) electrons. The molecule has 124 valence electrons. The summed E-state index contributed by atoms with van der Waals surface area (Å²) in [7, 11) is 0. The fourth-order valence-corrected chi connectivity index (χ4v) is 2.38. The molecule has 0 fully saturated rings. The highest BCUT2D eigenvalue weighted by atomic mass is 15.2. The van der Waals surface area contributed by atoms with E-state index in [1.807, 2.05) is 19.1 Å². The van der Waals surface area contributed by atoms with Crippen LogP contribution in [-0.2, 0) is 0 Å². The zero-order valence-corrected chi connectivity index (χ0v) is 14.6. The predicted molar refractivity (Wildman–Crippen MR) is 96.3 cm³/mol. The number of unbranched alkanes of at least 4 members (excludes halogenated alkanes) is 1. The average Bonchev–Trinajstić information content (AvgIpc) is 2.53. The first kappa shape index (κ1) is 17.2. The highest BCUT2D eigenvalue weighted by molar-refractivity contribution is 5.54. The summed E-state index contributed by atoms with van der Waals surface area (Å²) < 4.78 is 0. The molecule has 0 amide bonds. The largest absolute Gasteiger partial charge is 0.351 e. The number of hydrogen-bond acceptors (Lipinski definition) is 5. The van der Waals surface area contributed by atoms with Gasteiger partial charge in [0, 0.05) is 11.7 Å². The van der Waals surface area contributed by atoms with Crippen LogP contribution in [0, 0.1) is 13.8 Å². The molecule has 2 aromatic rings. The van der Waals surface area contributed by atoms with Crippen LogP contribution >= 0.6 is 0 Å². The minimum Gasteiger partial charge on any atom is -0.351 e. The lowest BCUT2D eigenvalue weighted by molar-refractivity contribution is 0.589. The number of aryl methyl sites for hydroxylation is 2. The second kappa shape index (κ2) is 8.46. The van der Waals surface area contributed by atoms with Crippen molar-refractivity contribution in [3.8, 4) is 0 Å². The van der Waals surface area contributed by atoms with E-state index in [4.69, 9.17) is 0 Å². The molecular formula is C18H27N5. The zero-order valence-electron chi connectivity index (χ0n) is 14.6. The van der Waals surface area contributed by atoms with Gasteiger partial charge in [-0.2, -0.15) is 15.0 Å². The molecule has 1 atom stereocenters. The van der Waals surface area contributed by atoms with Crippen molar-refractivity contribution in [3.63, 3.8) is 0 Å². The van der Waals surface area contributed by atoms with Gasteiger partial charge in [0.05, 0.1) is 0 Å². The second-order valence-electron chi connectivity index (χ2n) is 5.91. The molecule has 0 saturated carbocycles. The van der Waals surface area contributed by atoms with Crippen LogP contribution in [0.3, 0.4) is 0 Å². The minimum absolute atomic E-state index is 0.406. The van der Waals surface area contributed by atoms with E-state index in [0.717, 1.165) is 18.5 Å². The van der Waals surface area contributed by atoms with Gasteiger partial charge >= 0.3 is 0 Å². The van der Waals surface area contributed by atoms with Crippen LogP contribution in [0.15, 0.2) is 24.3 Å². The maximum absolute atomic E-state index is 4.50. The lowest BCUT2D eigenvalue weighted by Gasteiger charge is -2.17. The van der Waals surface area contributed by atoms with E-state index in [9.17, 15) is 0 Å². The first-order chi connectivity index (χ1) is 11.1. The molecule has 5 nitrogen and oxygen atoms in total. The molecule has 1 unspecified atom stereocenters. The van der Waals surface area contributed by atoms with Gasteiger partial charge < -0.3 is 10.6 Å². The molecule has 0 spiro atoms. The number of benzene rings is 1. The maximum Gasteiger partial charge on any atom is 0.232 e. The molecule has 1 aromatic heterocycles. The van der Waals surface area contributed by atoms with Gasteiger partial charge in [-0.15, -0.1) is 0 Å². The first-order valence-electron chi connectivity index (χ1n) is 8.43. The number of anilines is 3. The lowest BCUT2D eigenvalue weighted by Crippen LogP contribution is -2.20. The van der Waals surface area contributed by atoms with E-state index in [0.29, 0.717) is 23.8 Å². The zero-order chi connectivity index (χ0) is 16.7. The number of nitrogens with one attached hydrogen (secondary N) is 2. The summed E-state index contributed by atoms with van der Waals surface area (Å²) in [6.45, 7) is 8.36. The highest BCUT2D eigenvalue weighted by Gasteiger charge is 2.10. The van der Waals surface area contributed by atoms with Gasteiger partial charge in [-0.3, -0.25) is 0 Å². The fourth-order valence-electron chi connectivity index (χ4n) is 2.38. The SMILES string of the molecule is CCCCC(CC)Nc1nc(C)nc(Nc2ccc(C)cc2)n1. The molecule has 0 aliphatic rings. The number of rotatable bonds is 8. The average molecular weight is 313 g/mol. The van der Waals surface area contributed by atoms with Gasteiger partial charge in [0.15, 0.2) is 0 Å². The van der Waals surface area contributed by atoms with Crippen molar-refractivity contribution in [1.82, 2.24) is 15.0 Å². The number of nitrogens with zero attached hydrogens (tertiary/aromatic N) is 3. The van der Waals surface area contributed by atoms with Crippen LogP contribution in [0.5, 0.6) is 0 Å². The van der Waals surface area contributed by atoms with Gasteiger partial charge in [0.1, 0.15) is 5.82 Å². The van der Waals surface area contributed by atoms with E-state index in [2.05, 4.69) is 58.5 Å². The van der Waals surface area contributed by atoms with Crippen molar-refractivity contribution in [2.24, 2.45) is 0 Å². The summed E-state index contributed by atoms with van der Waals surface area (Å²) in [5.41, 5.74) is 2.21. The maximum atomic E-state index is 4.50. The first-order valence-corrected chi connectivity index (χ1v) is 8.43. The van der Waals surface area contributed by atoms with Crippen LogP contribution in [0.1, 0.15) is 50.9 Å². The Morgan fingerprint density at radius 2 is 1.65 bits per heavy atom. The standard InChI is InChI=1S/C18H27N5/c1-5-7-8-15(6-2)21-17-19-14(4)20-18(23-17)22-16-11-9-13(3)10-12-16/h9-12,15H,5-8H2,1-4H3,(H2,19,20,21,22,23).